The second-order valence-electron chi connectivity index (χ2n) is 8.11. The quantitative estimate of drug-likeness (QED) is 0.503. The fourth-order valence-electron chi connectivity index (χ4n) is 2.94. The van der Waals surface area contributed by atoms with Crippen LogP contribution in [0.2, 0.25) is 0 Å². The molecule has 0 radical (unpaired) electrons. The molecule has 1 atom stereocenters. The van der Waals surface area contributed by atoms with Crippen molar-refractivity contribution in [2.45, 2.75) is 46.3 Å². The van der Waals surface area contributed by atoms with Gasteiger partial charge in [0, 0.05) is 44.1 Å². The number of urea groups is 1. The van der Waals surface area contributed by atoms with Gasteiger partial charge < -0.3 is 29.3 Å². The third-order valence-electron chi connectivity index (χ3n) is 4.22. The number of hydrogen-bond donors (Lipinski definition) is 0. The van der Waals surface area contributed by atoms with Crippen LogP contribution in [-0.2, 0) is 9.53 Å². The van der Waals surface area contributed by atoms with E-state index in [1.54, 1.807) is 23.6 Å². The van der Waals surface area contributed by atoms with Crippen molar-refractivity contribution < 1.29 is 53.8 Å². The van der Waals surface area contributed by atoms with Crippen LogP contribution >= 0.6 is 0 Å². The van der Waals surface area contributed by atoms with Crippen molar-refractivity contribution >= 4 is 18.1 Å². The number of carbonyl (C=O) groups excluding carboxylic acids is 3. The molecule has 8 nitrogen and oxygen atoms in total. The molecule has 0 saturated carbocycles. The molecule has 2 fully saturated rings. The maximum absolute atomic E-state index is 12.4. The zero-order chi connectivity index (χ0) is 18.3. The molecule has 0 unspecified atom stereocenters. The number of carbonyl (C=O) groups is 3. The Morgan fingerprint density at radius 2 is 1.76 bits per heavy atom. The number of nitrogens with zero attached hydrogens (tertiary/aromatic N) is 3. The topological polar surface area (TPSA) is 93.2 Å². The first-order valence-corrected chi connectivity index (χ1v) is 8.15. The first-order valence-electron chi connectivity index (χ1n) is 8.15. The van der Waals surface area contributed by atoms with Gasteiger partial charge in [0.05, 0.1) is 6.04 Å². The summed E-state index contributed by atoms with van der Waals surface area (Å²) in [5, 5.41) is 11.2. The third kappa shape index (κ3) is 5.24. The summed E-state index contributed by atoms with van der Waals surface area (Å²) in [5.41, 5.74) is -1.68. The summed E-state index contributed by atoms with van der Waals surface area (Å²) in [6, 6.07) is -0.325. The van der Waals surface area contributed by atoms with Crippen LogP contribution in [-0.4, -0.2) is 77.2 Å². The van der Waals surface area contributed by atoms with Crippen LogP contribution in [0.4, 0.5) is 9.59 Å². The van der Waals surface area contributed by atoms with Crippen LogP contribution in [0.25, 0.3) is 0 Å². The molecule has 2 aliphatic rings. The molecule has 3 amide bonds. The average molecular weight is 363 g/mol. The molecule has 136 valence electrons. The summed E-state index contributed by atoms with van der Waals surface area (Å²) in [6.07, 6.45) is -0.386. The number of amides is 3. The van der Waals surface area contributed by atoms with Crippen molar-refractivity contribution in [3.05, 3.63) is 0 Å². The van der Waals surface area contributed by atoms with Gasteiger partial charge in [0.25, 0.3) is 0 Å². The van der Waals surface area contributed by atoms with E-state index in [2.05, 4.69) is 0 Å². The number of ether oxygens (including phenoxy) is 1. The van der Waals surface area contributed by atoms with Gasteiger partial charge in [-0.2, -0.15) is 0 Å². The van der Waals surface area contributed by atoms with E-state index in [1.165, 1.54) is 4.90 Å². The molecule has 25 heavy (non-hydrogen) atoms. The standard InChI is InChI=1S/C16H27N3O5.Na/c1-15(2,3)24-14(23)17-6-7-19-11(8-17)9-18(13(19)22)10-16(4,5)12(20)21;/h11H,6-10H2,1-5H3,(H,20,21);/q;+1/p-1/t11-;/m0./s1. The van der Waals surface area contributed by atoms with Crippen LogP contribution in [0, 0.1) is 5.41 Å². The molecule has 2 aliphatic heterocycles. The molecule has 9 heteroatoms. The van der Waals surface area contributed by atoms with E-state index in [9.17, 15) is 19.5 Å². The van der Waals surface area contributed by atoms with E-state index in [0.29, 0.717) is 26.2 Å². The number of rotatable bonds is 3. The summed E-state index contributed by atoms with van der Waals surface area (Å²) in [5.74, 6) is -1.18. The summed E-state index contributed by atoms with van der Waals surface area (Å²) in [7, 11) is 0. The fraction of sp³-hybridized carbons (Fsp3) is 0.812. The van der Waals surface area contributed by atoms with Crippen LogP contribution < -0.4 is 34.7 Å². The Morgan fingerprint density at radius 3 is 2.28 bits per heavy atom. The molecule has 0 aliphatic carbocycles. The average Bonchev–Trinajstić information content (AvgIpc) is 2.72. The Kier molecular flexibility index (Phi) is 6.81. The van der Waals surface area contributed by atoms with Gasteiger partial charge in [-0.15, -0.1) is 0 Å². The van der Waals surface area contributed by atoms with E-state index >= 15 is 0 Å². The molecule has 0 aromatic rings. The molecule has 2 heterocycles. The minimum absolute atomic E-state index is 0. The number of carboxylic acid groups (broad SMARTS) is 1. The summed E-state index contributed by atoms with van der Waals surface area (Å²) in [4.78, 5) is 40.6. The van der Waals surface area contributed by atoms with E-state index in [-0.39, 0.29) is 54.3 Å². The zero-order valence-corrected chi connectivity index (χ0v) is 18.0. The van der Waals surface area contributed by atoms with Gasteiger partial charge in [-0.3, -0.25) is 0 Å². The Hall–Kier alpha value is -0.990. The van der Waals surface area contributed by atoms with Crippen LogP contribution in [0.5, 0.6) is 0 Å². The van der Waals surface area contributed by atoms with Gasteiger partial charge in [-0.05, 0) is 20.8 Å². The molecule has 0 bridgehead atoms. The van der Waals surface area contributed by atoms with Crippen LogP contribution in [0.3, 0.4) is 0 Å². The Labute approximate surface area is 170 Å². The van der Waals surface area contributed by atoms with Gasteiger partial charge in [0.1, 0.15) is 5.60 Å². The Morgan fingerprint density at radius 1 is 1.16 bits per heavy atom. The van der Waals surface area contributed by atoms with Crippen molar-refractivity contribution in [1.82, 2.24) is 14.7 Å². The number of aliphatic carboxylic acids is 1. The molecule has 2 rings (SSSR count). The van der Waals surface area contributed by atoms with Gasteiger partial charge >= 0.3 is 41.7 Å². The first-order chi connectivity index (χ1) is 10.9. The summed E-state index contributed by atoms with van der Waals surface area (Å²) >= 11 is 0. The molecule has 0 aromatic carbocycles. The van der Waals surface area contributed by atoms with Crippen molar-refractivity contribution in [2.24, 2.45) is 5.41 Å². The second kappa shape index (κ2) is 7.72. The largest absolute Gasteiger partial charge is 1.00 e. The van der Waals surface area contributed by atoms with Gasteiger partial charge in [0.15, 0.2) is 0 Å². The van der Waals surface area contributed by atoms with Gasteiger partial charge in [-0.25, -0.2) is 9.59 Å². The van der Waals surface area contributed by atoms with Crippen molar-refractivity contribution in [3.63, 3.8) is 0 Å². The monoisotopic (exact) mass is 363 g/mol. The number of fused-ring (bicyclic) bond motifs is 1. The normalized spacial score (nSPS) is 20.9. The van der Waals surface area contributed by atoms with E-state index in [0.717, 1.165) is 0 Å². The predicted molar refractivity (Wildman–Crippen MR) is 84.1 cm³/mol. The van der Waals surface area contributed by atoms with Crippen molar-refractivity contribution in [3.8, 4) is 0 Å². The Bertz CT molecular complexity index is 546. The number of hydrogen-bond acceptors (Lipinski definition) is 5. The molecule has 0 N–H and O–H groups in total. The van der Waals surface area contributed by atoms with E-state index in [4.69, 9.17) is 4.74 Å². The fourth-order valence-corrected chi connectivity index (χ4v) is 2.94. The van der Waals surface area contributed by atoms with E-state index < -0.39 is 17.0 Å². The number of carboxylic acids is 1. The first kappa shape index (κ1) is 22.1. The Balaban J connectivity index is 0.00000312. The van der Waals surface area contributed by atoms with Crippen molar-refractivity contribution in [1.29, 1.82) is 0 Å². The molecule has 2 saturated heterocycles. The van der Waals surface area contributed by atoms with Crippen LogP contribution in [0.1, 0.15) is 34.6 Å². The maximum Gasteiger partial charge on any atom is 1.00 e. The minimum atomic E-state index is -1.18. The molecule has 0 spiro atoms. The smallest absolute Gasteiger partial charge is 0.550 e. The number of piperazine rings is 1. The van der Waals surface area contributed by atoms with Gasteiger partial charge in [0.2, 0.25) is 0 Å². The zero-order valence-electron chi connectivity index (χ0n) is 16.0. The predicted octanol–water partition coefficient (Wildman–Crippen LogP) is -2.88. The van der Waals surface area contributed by atoms with Crippen molar-refractivity contribution in [2.75, 3.05) is 32.7 Å². The van der Waals surface area contributed by atoms with Gasteiger partial charge in [-0.1, -0.05) is 13.8 Å². The van der Waals surface area contributed by atoms with Crippen LogP contribution in [0.15, 0.2) is 0 Å². The third-order valence-corrected chi connectivity index (χ3v) is 4.22. The maximum atomic E-state index is 12.4. The SMILES string of the molecule is CC(C)(C)OC(=O)N1CCN2C(=O)N(CC(C)(C)C(=O)[O-])C[C@@H]2C1.[Na+]. The second-order valence-corrected chi connectivity index (χ2v) is 8.11. The van der Waals surface area contributed by atoms with E-state index in [1.807, 2.05) is 20.8 Å². The molecular formula is C16H26N3NaO5. The minimum Gasteiger partial charge on any atom is -0.550 e. The molecular weight excluding hydrogens is 337 g/mol. The summed E-state index contributed by atoms with van der Waals surface area (Å²) in [6.45, 7) is 10.2. The summed E-state index contributed by atoms with van der Waals surface area (Å²) < 4.78 is 5.38. The molecule has 0 aromatic heterocycles.